The Morgan fingerprint density at radius 3 is 1.72 bits per heavy atom. The van der Waals surface area contributed by atoms with Crippen molar-refractivity contribution in [2.75, 3.05) is 13.6 Å². The topological polar surface area (TPSA) is 57.7 Å². The van der Waals surface area contributed by atoms with Crippen molar-refractivity contribution in [2.45, 2.75) is 65.3 Å². The van der Waals surface area contributed by atoms with E-state index in [1.807, 2.05) is 4.90 Å². The lowest BCUT2D eigenvalue weighted by molar-refractivity contribution is -0.118. The summed E-state index contributed by atoms with van der Waals surface area (Å²) in [7, 11) is 1.49. The number of hydrogen-bond donors (Lipinski definition) is 0. The molecule has 1 aliphatic carbocycles. The van der Waals surface area contributed by atoms with Crippen LogP contribution >= 0.6 is 0 Å². The van der Waals surface area contributed by atoms with E-state index in [4.69, 9.17) is 0 Å². The molecule has 3 aliphatic rings. The molecule has 2 aromatic carbocycles. The van der Waals surface area contributed by atoms with Gasteiger partial charge in [-0.15, -0.1) is 0 Å². The Labute approximate surface area is 191 Å². The third-order valence-corrected chi connectivity index (χ3v) is 6.50. The van der Waals surface area contributed by atoms with Crippen LogP contribution in [0.1, 0.15) is 81.5 Å². The lowest BCUT2D eigenvalue weighted by Crippen LogP contribution is -2.29. The molecule has 0 bridgehead atoms. The van der Waals surface area contributed by atoms with Gasteiger partial charge in [0.15, 0.2) is 0 Å². The highest BCUT2D eigenvalue weighted by molar-refractivity contribution is 6.21. The summed E-state index contributed by atoms with van der Waals surface area (Å²) in [6.07, 6.45) is 10.9. The van der Waals surface area contributed by atoms with Crippen LogP contribution in [0.5, 0.6) is 0 Å². The highest BCUT2D eigenvalue weighted by atomic mass is 16.2. The van der Waals surface area contributed by atoms with Crippen molar-refractivity contribution in [1.82, 2.24) is 9.80 Å². The SMILES string of the molecule is C1CCCCC1.CN1C(=O)c2ccccc2C1=O.Cc1cc2c(cc1C)CN(C=O)CC2. The van der Waals surface area contributed by atoms with Gasteiger partial charge in [0.1, 0.15) is 0 Å². The molecular weight excluding hydrogens is 400 g/mol. The van der Waals surface area contributed by atoms with Crippen LogP contribution in [0.15, 0.2) is 36.4 Å². The molecule has 170 valence electrons. The molecule has 2 aromatic rings. The minimum absolute atomic E-state index is 0.212. The van der Waals surface area contributed by atoms with E-state index in [1.54, 1.807) is 24.3 Å². The average molecular weight is 435 g/mol. The maximum absolute atomic E-state index is 11.3. The van der Waals surface area contributed by atoms with Gasteiger partial charge < -0.3 is 4.90 Å². The Hall–Kier alpha value is -2.95. The van der Waals surface area contributed by atoms with Gasteiger partial charge in [-0.05, 0) is 54.7 Å². The fourth-order valence-electron chi connectivity index (χ4n) is 4.34. The van der Waals surface area contributed by atoms with E-state index in [9.17, 15) is 14.4 Å². The molecule has 5 nitrogen and oxygen atoms in total. The summed E-state index contributed by atoms with van der Waals surface area (Å²) < 4.78 is 0. The first kappa shape index (κ1) is 23.7. The zero-order valence-electron chi connectivity index (χ0n) is 19.5. The molecule has 0 aromatic heterocycles. The first-order chi connectivity index (χ1) is 15.4. The third kappa shape index (κ3) is 5.64. The predicted octanol–water partition coefficient (Wildman–Crippen LogP) is 5.07. The quantitative estimate of drug-likeness (QED) is 0.465. The van der Waals surface area contributed by atoms with E-state index < -0.39 is 0 Å². The largest absolute Gasteiger partial charge is 0.341 e. The van der Waals surface area contributed by atoms with Crippen molar-refractivity contribution in [2.24, 2.45) is 0 Å². The molecule has 2 heterocycles. The number of benzene rings is 2. The van der Waals surface area contributed by atoms with Crippen molar-refractivity contribution < 1.29 is 14.4 Å². The summed E-state index contributed by atoms with van der Waals surface area (Å²) in [5.41, 5.74) is 6.40. The minimum Gasteiger partial charge on any atom is -0.341 e. The second-order valence-electron chi connectivity index (χ2n) is 8.87. The predicted molar refractivity (Wildman–Crippen MR) is 127 cm³/mol. The van der Waals surface area contributed by atoms with Gasteiger partial charge in [0.2, 0.25) is 6.41 Å². The van der Waals surface area contributed by atoms with Gasteiger partial charge in [0, 0.05) is 20.1 Å². The number of aryl methyl sites for hydroxylation is 2. The number of hydrogen-bond acceptors (Lipinski definition) is 3. The van der Waals surface area contributed by atoms with Gasteiger partial charge in [0.05, 0.1) is 11.1 Å². The number of nitrogens with zero attached hydrogens (tertiary/aromatic N) is 2. The van der Waals surface area contributed by atoms with Crippen molar-refractivity contribution in [3.05, 3.63) is 69.8 Å². The van der Waals surface area contributed by atoms with E-state index >= 15 is 0 Å². The molecule has 3 amide bonds. The smallest absolute Gasteiger partial charge is 0.261 e. The third-order valence-electron chi connectivity index (χ3n) is 6.50. The first-order valence-corrected chi connectivity index (χ1v) is 11.6. The molecule has 1 saturated carbocycles. The van der Waals surface area contributed by atoms with Crippen molar-refractivity contribution in [1.29, 1.82) is 0 Å². The van der Waals surface area contributed by atoms with Gasteiger partial charge in [0.25, 0.3) is 11.8 Å². The van der Waals surface area contributed by atoms with Gasteiger partial charge in [-0.1, -0.05) is 62.8 Å². The molecule has 2 aliphatic heterocycles. The minimum atomic E-state index is -0.212. The Morgan fingerprint density at radius 2 is 1.25 bits per heavy atom. The van der Waals surface area contributed by atoms with Crippen LogP contribution in [0, 0.1) is 13.8 Å². The van der Waals surface area contributed by atoms with Crippen LogP contribution in [-0.2, 0) is 17.8 Å². The van der Waals surface area contributed by atoms with Gasteiger partial charge in [-0.2, -0.15) is 0 Å². The summed E-state index contributed by atoms with van der Waals surface area (Å²) in [6.45, 7) is 5.90. The van der Waals surface area contributed by atoms with E-state index in [0.717, 1.165) is 30.8 Å². The zero-order chi connectivity index (χ0) is 23.1. The van der Waals surface area contributed by atoms with Crippen LogP contribution in [-0.4, -0.2) is 41.6 Å². The van der Waals surface area contributed by atoms with Gasteiger partial charge in [-0.3, -0.25) is 19.3 Å². The first-order valence-electron chi connectivity index (χ1n) is 11.6. The van der Waals surface area contributed by atoms with Gasteiger partial charge in [-0.25, -0.2) is 0 Å². The van der Waals surface area contributed by atoms with E-state index in [0.29, 0.717) is 11.1 Å². The fourth-order valence-corrected chi connectivity index (χ4v) is 4.34. The second kappa shape index (κ2) is 11.1. The van der Waals surface area contributed by atoms with E-state index in [2.05, 4.69) is 26.0 Å². The van der Waals surface area contributed by atoms with Crippen molar-refractivity contribution >= 4 is 18.2 Å². The molecule has 5 heteroatoms. The van der Waals surface area contributed by atoms with Crippen LogP contribution in [0.25, 0.3) is 0 Å². The Balaban J connectivity index is 0.000000146. The summed E-state index contributed by atoms with van der Waals surface area (Å²) in [5.74, 6) is -0.425. The highest BCUT2D eigenvalue weighted by Crippen LogP contribution is 2.22. The summed E-state index contributed by atoms with van der Waals surface area (Å²) >= 11 is 0. The Kier molecular flexibility index (Phi) is 8.20. The molecular formula is C27H34N2O3. The van der Waals surface area contributed by atoms with Crippen LogP contribution in [0.4, 0.5) is 0 Å². The molecule has 5 rings (SSSR count). The maximum atomic E-state index is 11.3. The lowest BCUT2D eigenvalue weighted by atomic mass is 9.95. The number of carbonyl (C=O) groups excluding carboxylic acids is 3. The second-order valence-corrected chi connectivity index (χ2v) is 8.87. The van der Waals surface area contributed by atoms with Crippen LogP contribution < -0.4 is 0 Å². The monoisotopic (exact) mass is 434 g/mol. The average Bonchev–Trinajstić information content (AvgIpc) is 3.06. The van der Waals surface area contributed by atoms with Crippen molar-refractivity contribution in [3.63, 3.8) is 0 Å². The Morgan fingerprint density at radius 1 is 0.781 bits per heavy atom. The molecule has 0 N–H and O–H groups in total. The van der Waals surface area contributed by atoms with Crippen LogP contribution in [0.3, 0.4) is 0 Å². The zero-order valence-corrected chi connectivity index (χ0v) is 19.5. The number of carbonyl (C=O) groups is 3. The number of fused-ring (bicyclic) bond motifs is 2. The number of amides is 3. The highest BCUT2D eigenvalue weighted by Gasteiger charge is 2.31. The van der Waals surface area contributed by atoms with Crippen molar-refractivity contribution in [3.8, 4) is 0 Å². The van der Waals surface area contributed by atoms with Gasteiger partial charge >= 0.3 is 0 Å². The number of imide groups is 1. The lowest BCUT2D eigenvalue weighted by Gasteiger charge is -2.26. The maximum Gasteiger partial charge on any atom is 0.261 e. The fraction of sp³-hybridized carbons (Fsp3) is 0.444. The molecule has 32 heavy (non-hydrogen) atoms. The molecule has 0 saturated heterocycles. The number of rotatable bonds is 1. The van der Waals surface area contributed by atoms with E-state index in [-0.39, 0.29) is 11.8 Å². The summed E-state index contributed by atoms with van der Waals surface area (Å²) in [4.78, 5) is 36.2. The normalized spacial score (nSPS) is 16.8. The Bertz CT molecular complexity index is 932. The molecule has 0 radical (unpaired) electrons. The molecule has 0 unspecified atom stereocenters. The summed E-state index contributed by atoms with van der Waals surface area (Å²) in [5, 5.41) is 0. The standard InChI is InChI=1S/C12H15NO.C9H7NO2.C6H12/c1-9-5-11-3-4-13(8-14)7-12(11)6-10(9)2;1-10-8(11)6-4-2-3-5-7(6)9(10)12;1-2-4-6-5-3-1/h5-6,8H,3-4,7H2,1-2H3;2-5H,1H3;1-6H2. The molecule has 1 fully saturated rings. The van der Waals surface area contributed by atoms with Crippen LogP contribution in [0.2, 0.25) is 0 Å². The summed E-state index contributed by atoms with van der Waals surface area (Å²) in [6, 6.07) is 11.3. The molecule has 0 spiro atoms. The molecule has 0 atom stereocenters. The van der Waals surface area contributed by atoms with E-state index in [1.165, 1.54) is 67.8 Å².